The topological polar surface area (TPSA) is 35.8 Å². The first-order valence-electron chi connectivity index (χ1n) is 4.85. The second-order valence-corrected chi connectivity index (χ2v) is 4.93. The summed E-state index contributed by atoms with van der Waals surface area (Å²) in [6.07, 6.45) is 0.369. The predicted molar refractivity (Wildman–Crippen MR) is 73.4 cm³/mol. The lowest BCUT2D eigenvalue weighted by Gasteiger charge is -2.10. The highest BCUT2D eigenvalue weighted by molar-refractivity contribution is 7.08. The van der Waals surface area contributed by atoms with E-state index >= 15 is 0 Å². The van der Waals surface area contributed by atoms with Crippen molar-refractivity contribution in [2.45, 2.75) is 6.42 Å². The molecule has 1 heterocycles. The summed E-state index contributed by atoms with van der Waals surface area (Å²) in [5, 5.41) is 16.9. The zero-order valence-electron chi connectivity index (χ0n) is 8.71. The molecule has 0 saturated heterocycles. The van der Waals surface area contributed by atoms with Crippen molar-refractivity contribution in [1.29, 1.82) is 5.26 Å². The van der Waals surface area contributed by atoms with Gasteiger partial charge in [-0.1, -0.05) is 29.3 Å². The van der Waals surface area contributed by atoms with E-state index in [2.05, 4.69) is 11.4 Å². The molecule has 0 atom stereocenters. The molecule has 0 spiro atoms. The first-order chi connectivity index (χ1) is 8.22. The van der Waals surface area contributed by atoms with Gasteiger partial charge in [0, 0.05) is 10.9 Å². The van der Waals surface area contributed by atoms with Crippen LogP contribution < -0.4 is 5.32 Å². The van der Waals surface area contributed by atoms with Gasteiger partial charge in [0.15, 0.2) is 0 Å². The molecule has 2 rings (SSSR count). The van der Waals surface area contributed by atoms with Crippen LogP contribution in [0.25, 0.3) is 0 Å². The molecule has 2 aromatic rings. The summed E-state index contributed by atoms with van der Waals surface area (Å²) in [4.78, 5) is 0. The van der Waals surface area contributed by atoms with Gasteiger partial charge in [-0.15, -0.1) is 11.3 Å². The number of nitriles is 1. The molecule has 0 bridgehead atoms. The lowest BCUT2D eigenvalue weighted by molar-refractivity contribution is 1.28. The largest absolute Gasteiger partial charge is 0.352 e. The second-order valence-electron chi connectivity index (χ2n) is 3.37. The molecular weight excluding hydrogens is 275 g/mol. The number of nitrogens with one attached hydrogen (secondary N) is 1. The zero-order chi connectivity index (χ0) is 12.3. The Balaban J connectivity index is 2.32. The van der Waals surface area contributed by atoms with E-state index in [1.165, 1.54) is 11.3 Å². The van der Waals surface area contributed by atoms with E-state index in [1.54, 1.807) is 18.2 Å². The van der Waals surface area contributed by atoms with Crippen LogP contribution >= 0.6 is 34.5 Å². The van der Waals surface area contributed by atoms with Crippen LogP contribution in [0.4, 0.5) is 11.4 Å². The van der Waals surface area contributed by atoms with Gasteiger partial charge in [-0.3, -0.25) is 0 Å². The summed E-state index contributed by atoms with van der Waals surface area (Å²) in [7, 11) is 0. The number of hydrogen-bond donors (Lipinski definition) is 1. The number of nitrogens with zero attached hydrogens (tertiary/aromatic N) is 1. The van der Waals surface area contributed by atoms with Gasteiger partial charge < -0.3 is 5.32 Å². The van der Waals surface area contributed by atoms with Crippen LogP contribution in [0.5, 0.6) is 0 Å². The normalized spacial score (nSPS) is 9.94. The zero-order valence-corrected chi connectivity index (χ0v) is 11.0. The Morgan fingerprint density at radius 2 is 1.94 bits per heavy atom. The molecule has 0 saturated carbocycles. The number of halogens is 2. The van der Waals surface area contributed by atoms with E-state index in [0.29, 0.717) is 22.2 Å². The van der Waals surface area contributed by atoms with E-state index in [-0.39, 0.29) is 0 Å². The van der Waals surface area contributed by atoms with Gasteiger partial charge in [-0.05, 0) is 17.5 Å². The van der Waals surface area contributed by atoms with E-state index < -0.39 is 0 Å². The van der Waals surface area contributed by atoms with Crippen molar-refractivity contribution < 1.29 is 0 Å². The van der Waals surface area contributed by atoms with Crippen molar-refractivity contribution in [1.82, 2.24) is 0 Å². The second kappa shape index (κ2) is 5.42. The fourth-order valence-corrected chi connectivity index (χ4v) is 2.69. The van der Waals surface area contributed by atoms with Crippen LogP contribution in [0.15, 0.2) is 29.0 Å². The third kappa shape index (κ3) is 2.73. The minimum atomic E-state index is 0.369. The fraction of sp³-hybridized carbons (Fsp3) is 0.0833. The fourth-order valence-electron chi connectivity index (χ4n) is 1.41. The van der Waals surface area contributed by atoms with Gasteiger partial charge in [0.05, 0.1) is 33.9 Å². The molecule has 0 fully saturated rings. The van der Waals surface area contributed by atoms with Crippen molar-refractivity contribution in [3.8, 4) is 6.07 Å². The highest BCUT2D eigenvalue weighted by atomic mass is 35.5. The van der Waals surface area contributed by atoms with Crippen molar-refractivity contribution >= 4 is 45.9 Å². The molecule has 0 unspecified atom stereocenters. The molecule has 0 radical (unpaired) electrons. The van der Waals surface area contributed by atoms with Gasteiger partial charge >= 0.3 is 0 Å². The van der Waals surface area contributed by atoms with Crippen LogP contribution in [0.1, 0.15) is 5.56 Å². The van der Waals surface area contributed by atoms with E-state index in [0.717, 1.165) is 11.3 Å². The molecule has 5 heteroatoms. The van der Waals surface area contributed by atoms with Gasteiger partial charge in [-0.25, -0.2) is 0 Å². The lowest BCUT2D eigenvalue weighted by atomic mass is 10.2. The quantitative estimate of drug-likeness (QED) is 0.872. The molecule has 2 nitrogen and oxygen atoms in total. The number of rotatable bonds is 3. The van der Waals surface area contributed by atoms with E-state index in [4.69, 9.17) is 28.5 Å². The molecule has 1 aromatic heterocycles. The smallest absolute Gasteiger partial charge is 0.0763 e. The monoisotopic (exact) mass is 282 g/mol. The summed E-state index contributed by atoms with van der Waals surface area (Å²) < 4.78 is 0. The first kappa shape index (κ1) is 12.3. The first-order valence-corrected chi connectivity index (χ1v) is 6.55. The third-order valence-corrected chi connectivity index (χ3v) is 3.66. The molecule has 86 valence electrons. The maximum Gasteiger partial charge on any atom is 0.0763 e. The van der Waals surface area contributed by atoms with E-state index in [9.17, 15) is 0 Å². The van der Waals surface area contributed by atoms with Crippen molar-refractivity contribution in [3.63, 3.8) is 0 Å². The Morgan fingerprint density at radius 3 is 2.59 bits per heavy atom. The number of benzene rings is 1. The highest BCUT2D eigenvalue weighted by Crippen LogP contribution is 2.34. The van der Waals surface area contributed by atoms with Gasteiger partial charge in [0.1, 0.15) is 0 Å². The number of para-hydroxylation sites is 1. The third-order valence-electron chi connectivity index (χ3n) is 2.23. The minimum Gasteiger partial charge on any atom is -0.352 e. The van der Waals surface area contributed by atoms with Crippen molar-refractivity contribution in [2.24, 2.45) is 0 Å². The summed E-state index contributed by atoms with van der Waals surface area (Å²) in [6.45, 7) is 0. The summed E-state index contributed by atoms with van der Waals surface area (Å²) in [6, 6.07) is 7.46. The van der Waals surface area contributed by atoms with Crippen LogP contribution in [-0.2, 0) is 6.42 Å². The number of anilines is 2. The van der Waals surface area contributed by atoms with Crippen LogP contribution in [0.3, 0.4) is 0 Å². The highest BCUT2D eigenvalue weighted by Gasteiger charge is 2.09. The molecule has 1 aromatic carbocycles. The van der Waals surface area contributed by atoms with Crippen LogP contribution in [0, 0.1) is 11.3 Å². The van der Waals surface area contributed by atoms with Gasteiger partial charge in [-0.2, -0.15) is 5.26 Å². The maximum atomic E-state index is 8.71. The number of hydrogen-bond acceptors (Lipinski definition) is 3. The average Bonchev–Trinajstić information content (AvgIpc) is 2.72. The summed E-state index contributed by atoms with van der Waals surface area (Å²) in [5.41, 5.74) is 2.51. The Bertz CT molecular complexity index is 552. The molecule has 17 heavy (non-hydrogen) atoms. The standard InChI is InChI=1S/C12H8Cl2N2S/c13-9-2-1-3-10(14)12(9)16-11-7-17-6-8(11)4-5-15/h1-3,6-7,16H,4H2. The average molecular weight is 283 g/mol. The molecule has 0 aliphatic rings. The molecule has 0 aliphatic heterocycles. The van der Waals surface area contributed by atoms with Crippen molar-refractivity contribution in [2.75, 3.05) is 5.32 Å². The Hall–Kier alpha value is -1.21. The molecule has 0 aliphatic carbocycles. The molecule has 1 N–H and O–H groups in total. The number of thiophene rings is 1. The summed E-state index contributed by atoms with van der Waals surface area (Å²) in [5.74, 6) is 0. The minimum absolute atomic E-state index is 0.369. The maximum absolute atomic E-state index is 8.71. The van der Waals surface area contributed by atoms with Gasteiger partial charge in [0.25, 0.3) is 0 Å². The Labute approximate surface area is 113 Å². The molecular formula is C12H8Cl2N2S. The molecule has 0 amide bonds. The van der Waals surface area contributed by atoms with Crippen LogP contribution in [0.2, 0.25) is 10.0 Å². The SMILES string of the molecule is N#CCc1cscc1Nc1c(Cl)cccc1Cl. The summed E-state index contributed by atoms with van der Waals surface area (Å²) >= 11 is 13.7. The lowest BCUT2D eigenvalue weighted by Crippen LogP contribution is -1.94. The Morgan fingerprint density at radius 1 is 1.24 bits per heavy atom. The van der Waals surface area contributed by atoms with Crippen LogP contribution in [-0.4, -0.2) is 0 Å². The van der Waals surface area contributed by atoms with E-state index in [1.807, 2.05) is 10.8 Å². The predicted octanol–water partition coefficient (Wildman–Crippen LogP) is 4.86. The Kier molecular flexibility index (Phi) is 3.90. The van der Waals surface area contributed by atoms with Crippen molar-refractivity contribution in [3.05, 3.63) is 44.6 Å². The van der Waals surface area contributed by atoms with Gasteiger partial charge in [0.2, 0.25) is 0 Å².